The van der Waals surface area contributed by atoms with Crippen LogP contribution in [0.1, 0.15) is 11.1 Å². The molecule has 1 rings (SSSR count). The molecule has 1 aromatic carbocycles. The van der Waals surface area contributed by atoms with Crippen molar-refractivity contribution >= 4 is 0 Å². The summed E-state index contributed by atoms with van der Waals surface area (Å²) in [5, 5.41) is 0. The van der Waals surface area contributed by atoms with E-state index >= 15 is 0 Å². The third-order valence-electron chi connectivity index (χ3n) is 1.79. The van der Waals surface area contributed by atoms with Crippen molar-refractivity contribution in [1.29, 1.82) is 0 Å². The zero-order valence-electron chi connectivity index (χ0n) is 8.75. The van der Waals surface area contributed by atoms with E-state index in [2.05, 4.69) is 43.0 Å². The molecule has 2 N–H and O–H groups in total. The molecule has 0 spiro atoms. The molecular formula is C12H16N2. The molecule has 0 aliphatic carbocycles. The highest BCUT2D eigenvalue weighted by Gasteiger charge is 1.94. The quantitative estimate of drug-likeness (QED) is 0.703. The molecule has 2 heteroatoms. The lowest BCUT2D eigenvalue weighted by molar-refractivity contribution is 0.402. The number of rotatable bonds is 2. The fraction of sp³-hybridized carbons (Fsp3) is 0.333. The number of nitrogens with zero attached hydrogens (tertiary/aromatic N) is 1. The van der Waals surface area contributed by atoms with Gasteiger partial charge >= 0.3 is 0 Å². The molecule has 1 aromatic rings. The van der Waals surface area contributed by atoms with Gasteiger partial charge in [-0.2, -0.15) is 0 Å². The van der Waals surface area contributed by atoms with Gasteiger partial charge in [-0.05, 0) is 31.8 Å². The Balaban J connectivity index is 2.68. The highest BCUT2D eigenvalue weighted by Crippen LogP contribution is 2.04. The van der Waals surface area contributed by atoms with Gasteiger partial charge in [-0.3, -0.25) is 0 Å². The van der Waals surface area contributed by atoms with Crippen LogP contribution in [0.4, 0.5) is 0 Å². The van der Waals surface area contributed by atoms with Crippen LogP contribution in [-0.2, 0) is 6.54 Å². The molecule has 0 bridgehead atoms. The van der Waals surface area contributed by atoms with Gasteiger partial charge in [0.05, 0.1) is 6.54 Å². The minimum atomic E-state index is 0.416. The van der Waals surface area contributed by atoms with Crippen molar-refractivity contribution in [2.24, 2.45) is 5.73 Å². The summed E-state index contributed by atoms with van der Waals surface area (Å²) in [5.41, 5.74) is 7.62. The molecule has 0 aliphatic rings. The van der Waals surface area contributed by atoms with Crippen LogP contribution in [0.25, 0.3) is 0 Å². The number of nitrogens with two attached hydrogens (primary N) is 1. The molecule has 0 unspecified atom stereocenters. The summed E-state index contributed by atoms with van der Waals surface area (Å²) in [7, 11) is 4.12. The van der Waals surface area contributed by atoms with E-state index < -0.39 is 0 Å². The van der Waals surface area contributed by atoms with Gasteiger partial charge in [-0.25, -0.2) is 0 Å². The van der Waals surface area contributed by atoms with Crippen LogP contribution < -0.4 is 5.73 Å². The van der Waals surface area contributed by atoms with Crippen molar-refractivity contribution in [2.75, 3.05) is 20.6 Å². The van der Waals surface area contributed by atoms with E-state index in [9.17, 15) is 0 Å². The summed E-state index contributed by atoms with van der Waals surface area (Å²) in [5.74, 6) is 5.83. The van der Waals surface area contributed by atoms with Crippen molar-refractivity contribution in [1.82, 2.24) is 4.90 Å². The Kier molecular flexibility index (Phi) is 4.18. The second-order valence-electron chi connectivity index (χ2n) is 3.44. The summed E-state index contributed by atoms with van der Waals surface area (Å²) in [4.78, 5) is 2.14. The van der Waals surface area contributed by atoms with Crippen LogP contribution in [0, 0.1) is 11.8 Å². The molecule has 0 heterocycles. The van der Waals surface area contributed by atoms with Crippen molar-refractivity contribution in [3.63, 3.8) is 0 Å². The Morgan fingerprint density at radius 3 is 2.36 bits per heavy atom. The second kappa shape index (κ2) is 5.43. The first-order valence-electron chi connectivity index (χ1n) is 4.65. The Morgan fingerprint density at radius 1 is 1.21 bits per heavy atom. The predicted molar refractivity (Wildman–Crippen MR) is 59.8 cm³/mol. The molecule has 14 heavy (non-hydrogen) atoms. The highest BCUT2D eigenvalue weighted by atomic mass is 15.0. The van der Waals surface area contributed by atoms with Gasteiger partial charge in [0.15, 0.2) is 0 Å². The second-order valence-corrected chi connectivity index (χ2v) is 3.44. The molecule has 0 fully saturated rings. The van der Waals surface area contributed by atoms with Gasteiger partial charge in [0, 0.05) is 12.1 Å². The van der Waals surface area contributed by atoms with E-state index in [0.717, 1.165) is 12.1 Å². The first-order chi connectivity index (χ1) is 6.72. The average Bonchev–Trinajstić information content (AvgIpc) is 2.16. The number of benzene rings is 1. The van der Waals surface area contributed by atoms with E-state index in [0.29, 0.717) is 6.54 Å². The van der Waals surface area contributed by atoms with Crippen LogP contribution >= 0.6 is 0 Å². The van der Waals surface area contributed by atoms with Crippen molar-refractivity contribution in [2.45, 2.75) is 6.54 Å². The fourth-order valence-electron chi connectivity index (χ4n) is 1.21. The van der Waals surface area contributed by atoms with Gasteiger partial charge in [-0.15, -0.1) is 0 Å². The summed E-state index contributed by atoms with van der Waals surface area (Å²) in [6.45, 7) is 1.38. The average molecular weight is 188 g/mol. The zero-order valence-corrected chi connectivity index (χ0v) is 8.75. The largest absolute Gasteiger partial charge is 0.320 e. The van der Waals surface area contributed by atoms with Gasteiger partial charge in [0.2, 0.25) is 0 Å². The maximum atomic E-state index is 5.29. The lowest BCUT2D eigenvalue weighted by Crippen LogP contribution is -2.10. The standard InChI is InChI=1S/C12H16N2/c1-14(2)10-12-7-5-11(6-8-12)4-3-9-13/h5-8H,9-10,13H2,1-2H3. The lowest BCUT2D eigenvalue weighted by Gasteiger charge is -2.08. The predicted octanol–water partition coefficient (Wildman–Crippen LogP) is 1.06. The summed E-state index contributed by atoms with van der Waals surface area (Å²) in [6, 6.07) is 8.25. The molecule has 0 atom stereocenters. The van der Waals surface area contributed by atoms with Gasteiger partial charge < -0.3 is 10.6 Å². The van der Waals surface area contributed by atoms with E-state index in [1.54, 1.807) is 0 Å². The van der Waals surface area contributed by atoms with E-state index in [-0.39, 0.29) is 0 Å². The van der Waals surface area contributed by atoms with E-state index in [1.807, 2.05) is 12.1 Å². The molecule has 2 nitrogen and oxygen atoms in total. The zero-order chi connectivity index (χ0) is 10.4. The van der Waals surface area contributed by atoms with Crippen molar-refractivity contribution in [3.8, 4) is 11.8 Å². The third-order valence-corrected chi connectivity index (χ3v) is 1.79. The summed E-state index contributed by atoms with van der Waals surface area (Å²) < 4.78 is 0. The molecule has 0 amide bonds. The molecule has 74 valence electrons. The van der Waals surface area contributed by atoms with Crippen LogP contribution in [-0.4, -0.2) is 25.5 Å². The monoisotopic (exact) mass is 188 g/mol. The lowest BCUT2D eigenvalue weighted by atomic mass is 10.1. The third kappa shape index (κ3) is 3.61. The summed E-state index contributed by atoms with van der Waals surface area (Å²) in [6.07, 6.45) is 0. The maximum absolute atomic E-state index is 5.29. The minimum Gasteiger partial charge on any atom is -0.320 e. The van der Waals surface area contributed by atoms with Gasteiger partial charge in [0.25, 0.3) is 0 Å². The maximum Gasteiger partial charge on any atom is 0.0555 e. The molecule has 0 aromatic heterocycles. The Bertz CT molecular complexity index is 328. The molecule has 0 radical (unpaired) electrons. The molecule has 0 saturated carbocycles. The normalized spacial score (nSPS) is 9.71. The van der Waals surface area contributed by atoms with Gasteiger partial charge in [-0.1, -0.05) is 24.0 Å². The van der Waals surface area contributed by atoms with E-state index in [1.165, 1.54) is 5.56 Å². The fourth-order valence-corrected chi connectivity index (χ4v) is 1.21. The van der Waals surface area contributed by atoms with E-state index in [4.69, 9.17) is 5.73 Å². The topological polar surface area (TPSA) is 29.3 Å². The smallest absolute Gasteiger partial charge is 0.0555 e. The van der Waals surface area contributed by atoms with Crippen LogP contribution in [0.5, 0.6) is 0 Å². The molecule has 0 saturated heterocycles. The highest BCUT2D eigenvalue weighted by molar-refractivity contribution is 5.36. The SMILES string of the molecule is CN(C)Cc1ccc(C#CCN)cc1. The van der Waals surface area contributed by atoms with Gasteiger partial charge in [0.1, 0.15) is 0 Å². The first-order valence-corrected chi connectivity index (χ1v) is 4.65. The van der Waals surface area contributed by atoms with Crippen molar-refractivity contribution in [3.05, 3.63) is 35.4 Å². The number of hydrogen-bond acceptors (Lipinski definition) is 2. The molecule has 0 aliphatic heterocycles. The Morgan fingerprint density at radius 2 is 1.86 bits per heavy atom. The Hall–Kier alpha value is -1.30. The van der Waals surface area contributed by atoms with Crippen LogP contribution in [0.3, 0.4) is 0 Å². The summed E-state index contributed by atoms with van der Waals surface area (Å²) >= 11 is 0. The first kappa shape index (κ1) is 10.8. The Labute approximate surface area is 85.7 Å². The van der Waals surface area contributed by atoms with Crippen LogP contribution in [0.2, 0.25) is 0 Å². The van der Waals surface area contributed by atoms with Crippen molar-refractivity contribution < 1.29 is 0 Å². The minimum absolute atomic E-state index is 0.416. The number of hydrogen-bond donors (Lipinski definition) is 1. The molecular weight excluding hydrogens is 172 g/mol. The van der Waals surface area contributed by atoms with Crippen LogP contribution in [0.15, 0.2) is 24.3 Å².